The predicted molar refractivity (Wildman–Crippen MR) is 140 cm³/mol. The number of halogens is 3. The summed E-state index contributed by atoms with van der Waals surface area (Å²) in [4.78, 5) is 0. The fourth-order valence-corrected chi connectivity index (χ4v) is 7.54. The molecule has 4 nitrogen and oxygen atoms in total. The van der Waals surface area contributed by atoms with Gasteiger partial charge in [0.15, 0.2) is 0 Å². The molecule has 0 aliphatic heterocycles. The largest absolute Gasteiger partial charge is 0.497 e. The lowest BCUT2D eigenvalue weighted by Gasteiger charge is -2.30. The zero-order valence-corrected chi connectivity index (χ0v) is 22.8. The molecule has 0 aromatic heterocycles. The molecule has 2 aromatic rings. The van der Waals surface area contributed by atoms with E-state index in [1.54, 1.807) is 12.7 Å². The van der Waals surface area contributed by atoms with E-state index < -0.39 is 19.1 Å². The number of alkyl halides is 3. The van der Waals surface area contributed by atoms with E-state index in [0.29, 0.717) is 55.4 Å². The molecule has 0 spiro atoms. The Hall–Kier alpha value is -1.98. The lowest BCUT2D eigenvalue weighted by molar-refractivity contribution is -0.138. The minimum absolute atomic E-state index is 0.138. The molecule has 0 saturated heterocycles. The van der Waals surface area contributed by atoms with Crippen LogP contribution in [-0.2, 0) is 15.3 Å². The quantitative estimate of drug-likeness (QED) is 0.269. The van der Waals surface area contributed by atoms with Crippen LogP contribution in [0.25, 0.3) is 0 Å². The van der Waals surface area contributed by atoms with Gasteiger partial charge in [-0.15, -0.1) is 0 Å². The van der Waals surface area contributed by atoms with Gasteiger partial charge < -0.3 is 14.0 Å². The third kappa shape index (κ3) is 7.54. The van der Waals surface area contributed by atoms with Crippen molar-refractivity contribution in [2.24, 2.45) is 11.8 Å². The van der Waals surface area contributed by atoms with Gasteiger partial charge in [0.25, 0.3) is 0 Å². The molecule has 0 N–H and O–H groups in total. The summed E-state index contributed by atoms with van der Waals surface area (Å²) in [5.41, 5.74) is 0.921. The Balaban J connectivity index is 1.36. The maximum absolute atomic E-state index is 13.6. The van der Waals surface area contributed by atoms with Gasteiger partial charge in [0.05, 0.1) is 25.9 Å². The summed E-state index contributed by atoms with van der Waals surface area (Å²) in [7, 11) is -1.18. The van der Waals surface area contributed by atoms with Crippen molar-refractivity contribution in [3.63, 3.8) is 0 Å². The first-order chi connectivity index (χ1) is 17.6. The van der Waals surface area contributed by atoms with Crippen molar-refractivity contribution in [1.82, 2.24) is 0 Å². The van der Waals surface area contributed by atoms with Crippen LogP contribution in [0.5, 0.6) is 11.5 Å². The molecule has 2 atom stereocenters. The van der Waals surface area contributed by atoms with Crippen LogP contribution in [0.15, 0.2) is 42.5 Å². The van der Waals surface area contributed by atoms with E-state index in [1.165, 1.54) is 13.2 Å². The van der Waals surface area contributed by atoms with Gasteiger partial charge in [-0.2, -0.15) is 13.2 Å². The normalized spacial score (nSPS) is 22.8. The van der Waals surface area contributed by atoms with Gasteiger partial charge in [0.2, 0.25) is 7.37 Å². The highest BCUT2D eigenvalue weighted by molar-refractivity contribution is 7.58. The minimum atomic E-state index is -4.38. The van der Waals surface area contributed by atoms with Crippen molar-refractivity contribution in [1.29, 1.82) is 0 Å². The second kappa shape index (κ2) is 11.8. The molecule has 8 heteroatoms. The fraction of sp³-hybridized carbons (Fsp3) is 0.586. The zero-order valence-electron chi connectivity index (χ0n) is 21.9. The summed E-state index contributed by atoms with van der Waals surface area (Å²) >= 11 is 0. The molecule has 204 valence electrons. The van der Waals surface area contributed by atoms with Crippen molar-refractivity contribution in [2.75, 3.05) is 33.2 Å². The molecule has 0 heterocycles. The number of hydrogen-bond donors (Lipinski definition) is 0. The smallest absolute Gasteiger partial charge is 0.416 e. The second-order valence-electron chi connectivity index (χ2n) is 10.6. The molecule has 0 amide bonds. The average Bonchev–Trinajstić information content (AvgIpc) is 3.71. The van der Waals surface area contributed by atoms with Crippen LogP contribution >= 0.6 is 7.37 Å². The molecular formula is C29H38F3O4P. The number of benzene rings is 2. The van der Waals surface area contributed by atoms with Crippen molar-refractivity contribution >= 4 is 7.37 Å². The summed E-state index contributed by atoms with van der Waals surface area (Å²) in [6.07, 6.45) is 1.48. The van der Waals surface area contributed by atoms with Gasteiger partial charge in [-0.25, -0.2) is 0 Å². The van der Waals surface area contributed by atoms with Crippen LogP contribution in [0.3, 0.4) is 0 Å². The Kier molecular flexibility index (Phi) is 8.96. The van der Waals surface area contributed by atoms with Crippen molar-refractivity contribution < 1.29 is 31.7 Å². The first kappa shape index (κ1) is 28.0. The molecule has 0 radical (unpaired) electrons. The van der Waals surface area contributed by atoms with E-state index in [0.717, 1.165) is 43.1 Å². The molecule has 0 bridgehead atoms. The summed E-state index contributed by atoms with van der Waals surface area (Å²) < 4.78 is 70.6. The summed E-state index contributed by atoms with van der Waals surface area (Å²) in [6.45, 7) is 4.59. The van der Waals surface area contributed by atoms with E-state index in [4.69, 9.17) is 14.0 Å². The fourth-order valence-electron chi connectivity index (χ4n) is 5.66. The average molecular weight is 539 g/mol. The highest BCUT2D eigenvalue weighted by Gasteiger charge is 2.37. The molecule has 2 saturated carbocycles. The SMILES string of the molecule is CCOP(C)(=O)C[C@H](c1cccc(OCC2CCC(c3cc(OC)ccc3C(F)(F)F)CC2)c1)C1CC1. The van der Waals surface area contributed by atoms with Gasteiger partial charge in [-0.05, 0) is 111 Å². The van der Waals surface area contributed by atoms with Crippen molar-refractivity contribution in [3.8, 4) is 11.5 Å². The predicted octanol–water partition coefficient (Wildman–Crippen LogP) is 8.50. The molecule has 1 unspecified atom stereocenters. The molecule has 2 aliphatic rings. The second-order valence-corrected chi connectivity index (χ2v) is 13.3. The van der Waals surface area contributed by atoms with Crippen LogP contribution in [0.1, 0.15) is 74.0 Å². The lowest BCUT2D eigenvalue weighted by Crippen LogP contribution is -2.21. The van der Waals surface area contributed by atoms with Gasteiger partial charge in [-0.1, -0.05) is 12.1 Å². The standard InChI is InChI=1S/C29H38F3O4P/c1-4-36-37(3,33)19-27(22-12-13-22)23-6-5-7-25(16-23)35-18-20-8-10-21(11-9-20)26-17-24(34-2)14-15-28(26)29(30,31)32/h5-7,14-17,20-22,27H,4,8-13,18-19H2,1-3H3/t20?,21?,27-,37?/m0/s1. The minimum Gasteiger partial charge on any atom is -0.497 e. The van der Waals surface area contributed by atoms with E-state index in [-0.39, 0.29) is 11.8 Å². The Morgan fingerprint density at radius 1 is 1.00 bits per heavy atom. The number of hydrogen-bond acceptors (Lipinski definition) is 4. The number of ether oxygens (including phenoxy) is 2. The van der Waals surface area contributed by atoms with E-state index in [9.17, 15) is 17.7 Å². The van der Waals surface area contributed by atoms with Crippen LogP contribution in [0.2, 0.25) is 0 Å². The lowest BCUT2D eigenvalue weighted by atomic mass is 9.77. The van der Waals surface area contributed by atoms with Gasteiger partial charge in [-0.3, -0.25) is 4.57 Å². The Morgan fingerprint density at radius 2 is 1.73 bits per heavy atom. The molecule has 2 aromatic carbocycles. The van der Waals surface area contributed by atoms with Crippen molar-refractivity contribution in [2.45, 2.75) is 63.5 Å². The van der Waals surface area contributed by atoms with Gasteiger partial charge in [0, 0.05) is 12.8 Å². The third-order valence-electron chi connectivity index (χ3n) is 7.74. The number of rotatable bonds is 11. The first-order valence-electron chi connectivity index (χ1n) is 13.3. The molecule has 4 rings (SSSR count). The molecular weight excluding hydrogens is 500 g/mol. The van der Waals surface area contributed by atoms with Crippen LogP contribution in [0, 0.1) is 11.8 Å². The van der Waals surface area contributed by atoms with E-state index in [2.05, 4.69) is 12.1 Å². The third-order valence-corrected chi connectivity index (χ3v) is 9.61. The summed E-state index contributed by atoms with van der Waals surface area (Å²) in [6, 6.07) is 12.1. The Morgan fingerprint density at radius 3 is 2.35 bits per heavy atom. The number of methoxy groups -OCH3 is 1. The van der Waals surface area contributed by atoms with Crippen molar-refractivity contribution in [3.05, 3.63) is 59.2 Å². The molecule has 2 aliphatic carbocycles. The van der Waals surface area contributed by atoms with E-state index in [1.807, 2.05) is 19.1 Å². The first-order valence-corrected chi connectivity index (χ1v) is 15.5. The van der Waals surface area contributed by atoms with Gasteiger partial charge >= 0.3 is 6.18 Å². The maximum atomic E-state index is 13.6. The molecule has 37 heavy (non-hydrogen) atoms. The van der Waals surface area contributed by atoms with Gasteiger partial charge in [0.1, 0.15) is 11.5 Å². The van der Waals surface area contributed by atoms with E-state index >= 15 is 0 Å². The maximum Gasteiger partial charge on any atom is 0.416 e. The topological polar surface area (TPSA) is 44.8 Å². The van der Waals surface area contributed by atoms with Crippen LogP contribution in [0.4, 0.5) is 13.2 Å². The Bertz CT molecular complexity index is 1090. The zero-order chi connectivity index (χ0) is 26.6. The monoisotopic (exact) mass is 538 g/mol. The molecule has 2 fully saturated rings. The summed E-state index contributed by atoms with van der Waals surface area (Å²) in [5, 5.41) is 0. The Labute approximate surface area is 218 Å². The highest BCUT2D eigenvalue weighted by Crippen LogP contribution is 2.53. The summed E-state index contributed by atoms with van der Waals surface area (Å²) in [5.74, 6) is 2.15. The van der Waals surface area contributed by atoms with Crippen LogP contribution < -0.4 is 9.47 Å². The van der Waals surface area contributed by atoms with Crippen LogP contribution in [-0.4, -0.2) is 33.2 Å². The highest BCUT2D eigenvalue weighted by atomic mass is 31.2.